The predicted octanol–water partition coefficient (Wildman–Crippen LogP) is 3.52. The molecule has 98 valence electrons. The number of anilines is 1. The first-order valence-electron chi connectivity index (χ1n) is 6.30. The molecule has 0 aliphatic carbocycles. The van der Waals surface area contributed by atoms with E-state index >= 15 is 0 Å². The topological polar surface area (TPSA) is 49.3 Å². The third kappa shape index (κ3) is 3.13. The van der Waals surface area contributed by atoms with Gasteiger partial charge in [0.25, 0.3) is 5.91 Å². The minimum atomic E-state index is -0.175. The lowest BCUT2D eigenvalue weighted by molar-refractivity contribution is 0.102. The van der Waals surface area contributed by atoms with Crippen LogP contribution in [0, 0.1) is 6.92 Å². The molecule has 3 nitrogen and oxygen atoms in total. The van der Waals surface area contributed by atoms with Crippen molar-refractivity contribution in [3.63, 3.8) is 0 Å². The standard InChI is InChI=1S/C16H17NO2/c1-3-12-5-7-13(8-6-12)16(19)17-14-9-4-11(2)15(18)10-14/h4-10,18H,3H2,1-2H3,(H,17,19). The molecule has 0 aromatic heterocycles. The number of phenolic OH excluding ortho intramolecular Hbond substituents is 1. The summed E-state index contributed by atoms with van der Waals surface area (Å²) in [6.07, 6.45) is 0.952. The van der Waals surface area contributed by atoms with E-state index in [2.05, 4.69) is 12.2 Å². The molecule has 2 aromatic rings. The van der Waals surface area contributed by atoms with Crippen LogP contribution in [-0.4, -0.2) is 11.0 Å². The number of hydrogen-bond acceptors (Lipinski definition) is 2. The molecule has 0 aliphatic rings. The highest BCUT2D eigenvalue weighted by molar-refractivity contribution is 6.04. The molecule has 19 heavy (non-hydrogen) atoms. The number of phenols is 1. The van der Waals surface area contributed by atoms with Gasteiger partial charge in [-0.25, -0.2) is 0 Å². The van der Waals surface area contributed by atoms with Gasteiger partial charge >= 0.3 is 0 Å². The summed E-state index contributed by atoms with van der Waals surface area (Å²) < 4.78 is 0. The summed E-state index contributed by atoms with van der Waals surface area (Å²) >= 11 is 0. The summed E-state index contributed by atoms with van der Waals surface area (Å²) in [4.78, 5) is 12.0. The maximum atomic E-state index is 12.0. The van der Waals surface area contributed by atoms with Crippen molar-refractivity contribution in [2.45, 2.75) is 20.3 Å². The van der Waals surface area contributed by atoms with Crippen molar-refractivity contribution in [3.8, 4) is 5.75 Å². The maximum absolute atomic E-state index is 12.0. The Morgan fingerprint density at radius 1 is 1.16 bits per heavy atom. The highest BCUT2D eigenvalue weighted by atomic mass is 16.3. The maximum Gasteiger partial charge on any atom is 0.255 e. The van der Waals surface area contributed by atoms with Crippen LogP contribution in [0.2, 0.25) is 0 Å². The summed E-state index contributed by atoms with van der Waals surface area (Å²) in [5, 5.41) is 12.4. The number of aryl methyl sites for hydroxylation is 2. The average Bonchev–Trinajstić information content (AvgIpc) is 2.43. The van der Waals surface area contributed by atoms with Crippen molar-refractivity contribution in [2.75, 3.05) is 5.32 Å². The van der Waals surface area contributed by atoms with Gasteiger partial charge in [0.1, 0.15) is 5.75 Å². The Morgan fingerprint density at radius 3 is 2.42 bits per heavy atom. The smallest absolute Gasteiger partial charge is 0.255 e. The van der Waals surface area contributed by atoms with E-state index in [1.807, 2.05) is 31.2 Å². The largest absolute Gasteiger partial charge is 0.508 e. The molecule has 0 bridgehead atoms. The molecule has 2 rings (SSSR count). The number of amides is 1. The molecular weight excluding hydrogens is 238 g/mol. The fraction of sp³-hybridized carbons (Fsp3) is 0.188. The van der Waals surface area contributed by atoms with E-state index in [4.69, 9.17) is 0 Å². The van der Waals surface area contributed by atoms with Gasteiger partial charge in [0.2, 0.25) is 0 Å². The van der Waals surface area contributed by atoms with Crippen molar-refractivity contribution in [3.05, 3.63) is 59.2 Å². The van der Waals surface area contributed by atoms with Crippen molar-refractivity contribution >= 4 is 11.6 Å². The van der Waals surface area contributed by atoms with Gasteiger partial charge in [-0.3, -0.25) is 4.79 Å². The third-order valence-corrected chi connectivity index (χ3v) is 3.09. The Labute approximate surface area is 112 Å². The highest BCUT2D eigenvalue weighted by Gasteiger charge is 2.06. The number of carbonyl (C=O) groups is 1. The molecule has 0 saturated heterocycles. The van der Waals surface area contributed by atoms with E-state index in [9.17, 15) is 9.90 Å². The Bertz CT molecular complexity index is 588. The first-order valence-corrected chi connectivity index (χ1v) is 6.30. The molecule has 0 aliphatic heterocycles. The van der Waals surface area contributed by atoms with E-state index in [-0.39, 0.29) is 11.7 Å². The molecule has 2 N–H and O–H groups in total. The minimum Gasteiger partial charge on any atom is -0.508 e. The van der Waals surface area contributed by atoms with Crippen molar-refractivity contribution < 1.29 is 9.90 Å². The number of benzene rings is 2. The summed E-state index contributed by atoms with van der Waals surface area (Å²) in [6, 6.07) is 12.6. The molecule has 1 amide bonds. The molecular formula is C16H17NO2. The number of rotatable bonds is 3. The van der Waals surface area contributed by atoms with Gasteiger partial charge in [-0.1, -0.05) is 25.1 Å². The SMILES string of the molecule is CCc1ccc(C(=O)Nc2ccc(C)c(O)c2)cc1. The zero-order chi connectivity index (χ0) is 13.8. The van der Waals surface area contributed by atoms with Crippen LogP contribution in [0.4, 0.5) is 5.69 Å². The van der Waals surface area contributed by atoms with Gasteiger partial charge in [-0.05, 0) is 42.7 Å². The monoisotopic (exact) mass is 255 g/mol. The number of hydrogen-bond donors (Lipinski definition) is 2. The van der Waals surface area contributed by atoms with E-state index < -0.39 is 0 Å². The van der Waals surface area contributed by atoms with Gasteiger partial charge in [0.15, 0.2) is 0 Å². The van der Waals surface area contributed by atoms with E-state index in [0.717, 1.165) is 12.0 Å². The van der Waals surface area contributed by atoms with Crippen LogP contribution in [-0.2, 0) is 6.42 Å². The Kier molecular flexibility index (Phi) is 3.85. The fourth-order valence-corrected chi connectivity index (χ4v) is 1.78. The van der Waals surface area contributed by atoms with Gasteiger partial charge in [0, 0.05) is 17.3 Å². The third-order valence-electron chi connectivity index (χ3n) is 3.09. The second kappa shape index (κ2) is 5.57. The lowest BCUT2D eigenvalue weighted by atomic mass is 10.1. The average molecular weight is 255 g/mol. The highest BCUT2D eigenvalue weighted by Crippen LogP contribution is 2.21. The summed E-state index contributed by atoms with van der Waals surface area (Å²) in [7, 11) is 0. The van der Waals surface area contributed by atoms with Crippen LogP contribution >= 0.6 is 0 Å². The predicted molar refractivity (Wildman–Crippen MR) is 76.6 cm³/mol. The second-order valence-corrected chi connectivity index (χ2v) is 4.51. The van der Waals surface area contributed by atoms with Crippen molar-refractivity contribution in [1.29, 1.82) is 0 Å². The first kappa shape index (κ1) is 13.1. The van der Waals surface area contributed by atoms with Crippen LogP contribution in [0.1, 0.15) is 28.4 Å². The summed E-state index contributed by atoms with van der Waals surface area (Å²) in [5.74, 6) is 0.00466. The summed E-state index contributed by atoms with van der Waals surface area (Å²) in [6.45, 7) is 3.88. The molecule has 0 saturated carbocycles. The second-order valence-electron chi connectivity index (χ2n) is 4.51. The Hall–Kier alpha value is -2.29. The van der Waals surface area contributed by atoms with Gasteiger partial charge < -0.3 is 10.4 Å². The molecule has 0 atom stereocenters. The molecule has 0 radical (unpaired) electrons. The number of nitrogens with one attached hydrogen (secondary N) is 1. The van der Waals surface area contributed by atoms with Crippen LogP contribution < -0.4 is 5.32 Å². The molecule has 0 heterocycles. The van der Waals surface area contributed by atoms with Gasteiger partial charge in [0.05, 0.1) is 0 Å². The first-order chi connectivity index (χ1) is 9.10. The zero-order valence-electron chi connectivity index (χ0n) is 11.1. The van der Waals surface area contributed by atoms with Crippen LogP contribution in [0.25, 0.3) is 0 Å². The quantitative estimate of drug-likeness (QED) is 0.881. The molecule has 0 unspecified atom stereocenters. The molecule has 2 aromatic carbocycles. The lowest BCUT2D eigenvalue weighted by Gasteiger charge is -2.07. The van der Waals surface area contributed by atoms with Gasteiger partial charge in [-0.2, -0.15) is 0 Å². The summed E-state index contributed by atoms with van der Waals surface area (Å²) in [5.41, 5.74) is 3.18. The molecule has 0 spiro atoms. The molecule has 3 heteroatoms. The van der Waals surface area contributed by atoms with Crippen molar-refractivity contribution in [1.82, 2.24) is 0 Å². The van der Waals surface area contributed by atoms with Gasteiger partial charge in [-0.15, -0.1) is 0 Å². The van der Waals surface area contributed by atoms with Crippen molar-refractivity contribution in [2.24, 2.45) is 0 Å². The normalized spacial score (nSPS) is 10.2. The molecule has 0 fully saturated rings. The van der Waals surface area contributed by atoms with E-state index in [1.165, 1.54) is 5.56 Å². The van der Waals surface area contributed by atoms with Crippen LogP contribution in [0.3, 0.4) is 0 Å². The van der Waals surface area contributed by atoms with E-state index in [1.54, 1.807) is 18.2 Å². The van der Waals surface area contributed by atoms with Crippen LogP contribution in [0.15, 0.2) is 42.5 Å². The number of carbonyl (C=O) groups excluding carboxylic acids is 1. The zero-order valence-corrected chi connectivity index (χ0v) is 11.1. The Balaban J connectivity index is 2.13. The lowest BCUT2D eigenvalue weighted by Crippen LogP contribution is -2.11. The minimum absolute atomic E-state index is 0.175. The number of aromatic hydroxyl groups is 1. The Morgan fingerprint density at radius 2 is 1.84 bits per heavy atom. The van der Waals surface area contributed by atoms with Crippen LogP contribution in [0.5, 0.6) is 5.75 Å². The fourth-order valence-electron chi connectivity index (χ4n) is 1.78. The van der Waals surface area contributed by atoms with E-state index in [0.29, 0.717) is 11.3 Å².